The molecule has 0 radical (unpaired) electrons. The van der Waals surface area contributed by atoms with E-state index in [-0.39, 0.29) is 17.0 Å². The molecular formula is C6H5ClN4O4S. The summed E-state index contributed by atoms with van der Waals surface area (Å²) in [6, 6.07) is 0.192. The molecule has 0 aliphatic carbocycles. The third kappa shape index (κ3) is 3.79. The van der Waals surface area contributed by atoms with Crippen LogP contribution >= 0.6 is 11.6 Å². The lowest BCUT2D eigenvalue weighted by atomic mass is 10.6. The molecule has 86 valence electrons. The summed E-state index contributed by atoms with van der Waals surface area (Å²) in [6.45, 7) is 0. The van der Waals surface area contributed by atoms with Gasteiger partial charge in [0.2, 0.25) is 11.8 Å². The number of anilines is 1. The average Bonchev–Trinajstić information content (AvgIpc) is 2.14. The number of urea groups is 1. The molecule has 0 unspecified atom stereocenters. The quantitative estimate of drug-likeness (QED) is 0.789. The van der Waals surface area contributed by atoms with Gasteiger partial charge in [-0.15, -0.1) is 0 Å². The van der Waals surface area contributed by atoms with Crippen LogP contribution < -0.4 is 10.1 Å². The van der Waals surface area contributed by atoms with Crippen molar-refractivity contribution in [2.24, 2.45) is 4.36 Å². The number of nitrogens with zero attached hydrogens (tertiary/aromatic N) is 3. The first kappa shape index (κ1) is 12.3. The van der Waals surface area contributed by atoms with E-state index in [4.69, 9.17) is 16.3 Å². The molecule has 1 aromatic heterocycles. The Morgan fingerprint density at radius 2 is 2.25 bits per heavy atom. The van der Waals surface area contributed by atoms with E-state index >= 15 is 0 Å². The third-order valence-corrected chi connectivity index (χ3v) is 1.77. The molecular weight excluding hydrogens is 260 g/mol. The van der Waals surface area contributed by atoms with E-state index in [0.29, 0.717) is 0 Å². The summed E-state index contributed by atoms with van der Waals surface area (Å²) in [5, 5.41) is 2.04. The zero-order chi connectivity index (χ0) is 12.1. The van der Waals surface area contributed by atoms with Gasteiger partial charge in [-0.05, 0) is 0 Å². The van der Waals surface area contributed by atoms with Crippen LogP contribution in [0.15, 0.2) is 10.4 Å². The molecule has 10 heteroatoms. The Labute approximate surface area is 96.3 Å². The summed E-state index contributed by atoms with van der Waals surface area (Å²) < 4.78 is 27.6. The van der Waals surface area contributed by atoms with Gasteiger partial charge in [0.15, 0.2) is 0 Å². The fraction of sp³-hybridized carbons (Fsp3) is 0.167. The number of methoxy groups -OCH3 is 1. The van der Waals surface area contributed by atoms with Crippen LogP contribution in [-0.4, -0.2) is 31.5 Å². The first-order valence-electron chi connectivity index (χ1n) is 3.72. The van der Waals surface area contributed by atoms with Crippen LogP contribution in [0.25, 0.3) is 0 Å². The van der Waals surface area contributed by atoms with Crippen molar-refractivity contribution in [3.05, 3.63) is 11.2 Å². The molecule has 0 aliphatic heterocycles. The maximum atomic E-state index is 10.9. The Morgan fingerprint density at radius 1 is 1.56 bits per heavy atom. The lowest BCUT2D eigenvalue weighted by Crippen LogP contribution is -2.09. The fourth-order valence-corrected chi connectivity index (χ4v) is 1.10. The number of aromatic nitrogens is 2. The van der Waals surface area contributed by atoms with Gasteiger partial charge < -0.3 is 4.74 Å². The summed E-state index contributed by atoms with van der Waals surface area (Å²) in [5.74, 6) is -0.0814. The van der Waals surface area contributed by atoms with Crippen molar-refractivity contribution < 1.29 is 17.9 Å². The summed E-state index contributed by atoms with van der Waals surface area (Å²) in [6.07, 6.45) is 0. The van der Waals surface area contributed by atoms with Crippen LogP contribution in [0.3, 0.4) is 0 Å². The predicted octanol–water partition coefficient (Wildman–Crippen LogP) is 0.733. The number of amides is 2. The Hall–Kier alpha value is -1.74. The van der Waals surface area contributed by atoms with Gasteiger partial charge in [-0.25, -0.2) is 9.78 Å². The normalized spacial score (nSPS) is 9.38. The summed E-state index contributed by atoms with van der Waals surface area (Å²) in [7, 11) is -1.49. The molecule has 0 atom stereocenters. The highest BCUT2D eigenvalue weighted by Gasteiger charge is 2.06. The van der Waals surface area contributed by atoms with Crippen LogP contribution in [0.4, 0.5) is 10.7 Å². The molecule has 1 rings (SSSR count). The third-order valence-electron chi connectivity index (χ3n) is 1.26. The van der Waals surface area contributed by atoms with Crippen molar-refractivity contribution in [1.82, 2.24) is 9.97 Å². The van der Waals surface area contributed by atoms with Gasteiger partial charge in [0.25, 0.3) is 0 Å². The predicted molar refractivity (Wildman–Crippen MR) is 54.0 cm³/mol. The summed E-state index contributed by atoms with van der Waals surface area (Å²) >= 11 is 5.58. The summed E-state index contributed by atoms with van der Waals surface area (Å²) in [5.41, 5.74) is 0. The van der Waals surface area contributed by atoms with Crippen LogP contribution in [0.5, 0.6) is 5.88 Å². The smallest absolute Gasteiger partial charge is 0.362 e. The van der Waals surface area contributed by atoms with Crippen molar-refractivity contribution in [2.45, 2.75) is 0 Å². The monoisotopic (exact) mass is 264 g/mol. The van der Waals surface area contributed by atoms with Gasteiger partial charge >= 0.3 is 16.5 Å². The van der Waals surface area contributed by atoms with Crippen LogP contribution in [0, 0.1) is 0 Å². The highest BCUT2D eigenvalue weighted by Crippen LogP contribution is 2.15. The van der Waals surface area contributed by atoms with Crippen molar-refractivity contribution in [3.63, 3.8) is 0 Å². The van der Waals surface area contributed by atoms with Crippen molar-refractivity contribution in [2.75, 3.05) is 12.4 Å². The molecule has 0 saturated carbocycles. The van der Waals surface area contributed by atoms with E-state index in [1.54, 1.807) is 0 Å². The average molecular weight is 265 g/mol. The second-order valence-electron chi connectivity index (χ2n) is 2.30. The van der Waals surface area contributed by atoms with E-state index in [0.717, 1.165) is 0 Å². The lowest BCUT2D eigenvalue weighted by molar-refractivity contribution is 0.259. The van der Waals surface area contributed by atoms with E-state index in [2.05, 4.69) is 14.3 Å². The standard InChI is InChI=1S/C6H5ClN4O4S/c1-15-4-2-3(7)8-5(9-4)10-6(12)11-16(13)14/h2H,1H3,(H,8,9,10,12). The molecule has 8 nitrogen and oxygen atoms in total. The number of halogens is 1. The number of carbonyl (C=O) groups excluding carboxylic acids is 1. The van der Waals surface area contributed by atoms with E-state index in [1.807, 2.05) is 5.32 Å². The van der Waals surface area contributed by atoms with Crippen molar-refractivity contribution in [3.8, 4) is 5.88 Å². The van der Waals surface area contributed by atoms with Crippen LogP contribution in [-0.2, 0) is 10.5 Å². The highest BCUT2D eigenvalue weighted by atomic mass is 35.5. The molecule has 1 N–H and O–H groups in total. The number of rotatable bonds is 2. The SMILES string of the molecule is COc1cc(Cl)nc(NC(=O)N=S(=O)=O)n1. The number of nitrogens with one attached hydrogen (secondary N) is 1. The zero-order valence-corrected chi connectivity index (χ0v) is 9.41. The van der Waals surface area contributed by atoms with Gasteiger partial charge in [-0.3, -0.25) is 5.32 Å². The van der Waals surface area contributed by atoms with E-state index in [1.165, 1.54) is 13.2 Å². The maximum absolute atomic E-state index is 10.9. The first-order valence-corrected chi connectivity index (χ1v) is 5.13. The first-order chi connectivity index (χ1) is 7.51. The Morgan fingerprint density at radius 3 is 2.81 bits per heavy atom. The molecule has 0 fully saturated rings. The highest BCUT2D eigenvalue weighted by molar-refractivity contribution is 7.62. The minimum absolute atomic E-state index is 0.0328. The molecule has 1 heterocycles. The number of ether oxygens (including phenoxy) is 1. The minimum Gasteiger partial charge on any atom is -0.481 e. The second-order valence-corrected chi connectivity index (χ2v) is 3.30. The van der Waals surface area contributed by atoms with Gasteiger partial charge in [0.1, 0.15) is 5.15 Å². The van der Waals surface area contributed by atoms with Crippen molar-refractivity contribution >= 4 is 34.1 Å². The zero-order valence-electron chi connectivity index (χ0n) is 7.84. The molecule has 0 bridgehead atoms. The lowest BCUT2D eigenvalue weighted by Gasteiger charge is -2.02. The molecule has 16 heavy (non-hydrogen) atoms. The van der Waals surface area contributed by atoms with Gasteiger partial charge in [-0.1, -0.05) is 16.0 Å². The molecule has 0 saturated heterocycles. The molecule has 0 aromatic carbocycles. The van der Waals surface area contributed by atoms with Crippen LogP contribution in [0.2, 0.25) is 5.15 Å². The summed E-state index contributed by atoms with van der Waals surface area (Å²) in [4.78, 5) is 18.2. The van der Waals surface area contributed by atoms with E-state index < -0.39 is 16.5 Å². The molecule has 2 amide bonds. The fourth-order valence-electron chi connectivity index (χ4n) is 0.744. The van der Waals surface area contributed by atoms with E-state index in [9.17, 15) is 13.2 Å². The Bertz CT molecular complexity index is 535. The minimum atomic E-state index is -2.84. The van der Waals surface area contributed by atoms with Gasteiger partial charge in [0.05, 0.1) is 7.11 Å². The maximum Gasteiger partial charge on any atom is 0.362 e. The van der Waals surface area contributed by atoms with Gasteiger partial charge in [-0.2, -0.15) is 13.4 Å². The topological polar surface area (TPSA) is 111 Å². The molecule has 0 aliphatic rings. The number of carbonyl (C=O) groups is 1. The van der Waals surface area contributed by atoms with Crippen LogP contribution in [0.1, 0.15) is 0 Å². The number of hydrogen-bond donors (Lipinski definition) is 1. The van der Waals surface area contributed by atoms with Gasteiger partial charge in [0, 0.05) is 6.07 Å². The second kappa shape index (κ2) is 5.37. The Balaban J connectivity index is 2.93. The van der Waals surface area contributed by atoms with Crippen molar-refractivity contribution in [1.29, 1.82) is 0 Å². The molecule has 1 aromatic rings. The Kier molecular flexibility index (Phi) is 4.14. The number of hydrogen-bond acceptors (Lipinski definition) is 6. The largest absolute Gasteiger partial charge is 0.481 e. The molecule has 0 spiro atoms.